The molecule has 94 valence electrons. The maximum atomic E-state index is 13.3. The van der Waals surface area contributed by atoms with Gasteiger partial charge in [0, 0.05) is 11.4 Å². The van der Waals surface area contributed by atoms with Gasteiger partial charge in [-0.2, -0.15) is 4.39 Å². The number of rotatable bonds is 3. The van der Waals surface area contributed by atoms with Gasteiger partial charge in [0.25, 0.3) is 5.91 Å². The van der Waals surface area contributed by atoms with E-state index >= 15 is 0 Å². The van der Waals surface area contributed by atoms with Crippen LogP contribution in [0.1, 0.15) is 17.3 Å². The zero-order valence-electron chi connectivity index (χ0n) is 8.73. The lowest BCUT2D eigenvalue weighted by Crippen LogP contribution is -2.34. The first-order chi connectivity index (χ1) is 7.88. The number of hydrogen-bond donors (Lipinski definition) is 2. The number of carbonyl (C=O) groups is 1. The van der Waals surface area contributed by atoms with E-state index in [1.54, 1.807) is 6.92 Å². The molecular weight excluding hydrogens is 303 g/mol. The molecule has 3 nitrogen and oxygen atoms in total. The van der Waals surface area contributed by atoms with Gasteiger partial charge in [0.05, 0.1) is 5.56 Å². The number of alkyl halides is 1. The second-order valence-electron chi connectivity index (χ2n) is 3.41. The molecule has 7 heteroatoms. The van der Waals surface area contributed by atoms with Gasteiger partial charge in [-0.05, 0) is 13.0 Å². The van der Waals surface area contributed by atoms with Crippen LogP contribution < -0.4 is 5.32 Å². The second kappa shape index (κ2) is 5.39. The van der Waals surface area contributed by atoms with Crippen LogP contribution >= 0.6 is 15.9 Å². The molecule has 0 aromatic heterocycles. The molecule has 0 aliphatic rings. The topological polar surface area (TPSA) is 49.3 Å². The van der Waals surface area contributed by atoms with Crippen molar-refractivity contribution in [3.8, 4) is 5.75 Å². The Kier molecular flexibility index (Phi) is 4.39. The summed E-state index contributed by atoms with van der Waals surface area (Å²) in [7, 11) is 0. The average Bonchev–Trinajstić information content (AvgIpc) is 2.30. The van der Waals surface area contributed by atoms with Gasteiger partial charge in [0.15, 0.2) is 17.4 Å². The fourth-order valence-corrected chi connectivity index (χ4v) is 1.26. The van der Waals surface area contributed by atoms with E-state index in [-0.39, 0.29) is 6.04 Å². The largest absolute Gasteiger partial charge is 0.503 e. The highest BCUT2D eigenvalue weighted by Gasteiger charge is 2.22. The first kappa shape index (κ1) is 13.8. The fourth-order valence-electron chi connectivity index (χ4n) is 1.10. The van der Waals surface area contributed by atoms with Crippen LogP contribution in [0.25, 0.3) is 0 Å². The molecule has 1 atom stereocenters. The highest BCUT2D eigenvalue weighted by Crippen LogP contribution is 2.25. The Morgan fingerprint density at radius 3 is 2.59 bits per heavy atom. The molecule has 0 aliphatic carbocycles. The van der Waals surface area contributed by atoms with Crippen molar-refractivity contribution in [2.45, 2.75) is 13.0 Å². The fraction of sp³-hybridized carbons (Fsp3) is 0.300. The van der Waals surface area contributed by atoms with Crippen molar-refractivity contribution in [1.29, 1.82) is 0 Å². The summed E-state index contributed by atoms with van der Waals surface area (Å²) in [5.74, 6) is -7.11. The van der Waals surface area contributed by atoms with E-state index in [1.807, 2.05) is 0 Å². The summed E-state index contributed by atoms with van der Waals surface area (Å²) in [6.45, 7) is 1.63. The summed E-state index contributed by atoms with van der Waals surface area (Å²) in [6, 6.07) is 0.0814. The van der Waals surface area contributed by atoms with Crippen LogP contribution in [-0.2, 0) is 0 Å². The van der Waals surface area contributed by atoms with Gasteiger partial charge in [0.2, 0.25) is 5.82 Å². The van der Waals surface area contributed by atoms with Gasteiger partial charge in [-0.3, -0.25) is 4.79 Å². The summed E-state index contributed by atoms with van der Waals surface area (Å²) < 4.78 is 39.0. The molecular formula is C10H9BrF3NO2. The van der Waals surface area contributed by atoms with Crippen LogP contribution in [0.3, 0.4) is 0 Å². The number of phenols is 1. The first-order valence-corrected chi connectivity index (χ1v) is 5.74. The number of carbonyl (C=O) groups excluding carboxylic acids is 1. The zero-order valence-corrected chi connectivity index (χ0v) is 10.3. The third-order valence-electron chi connectivity index (χ3n) is 1.99. The van der Waals surface area contributed by atoms with Crippen molar-refractivity contribution in [2.24, 2.45) is 0 Å². The highest BCUT2D eigenvalue weighted by molar-refractivity contribution is 9.09. The van der Waals surface area contributed by atoms with Gasteiger partial charge in [-0.15, -0.1) is 0 Å². The van der Waals surface area contributed by atoms with Crippen molar-refractivity contribution in [3.63, 3.8) is 0 Å². The molecule has 1 amide bonds. The molecule has 1 aromatic rings. The van der Waals surface area contributed by atoms with Crippen molar-refractivity contribution < 1.29 is 23.1 Å². The molecule has 0 spiro atoms. The van der Waals surface area contributed by atoms with E-state index in [2.05, 4.69) is 21.2 Å². The Labute approximate surface area is 104 Å². The molecule has 2 N–H and O–H groups in total. The molecule has 0 saturated carbocycles. The molecule has 0 aliphatic heterocycles. The van der Waals surface area contributed by atoms with Gasteiger partial charge >= 0.3 is 0 Å². The SMILES string of the molecule is CC(CBr)NC(=O)c1cc(F)c(F)c(O)c1F. The Morgan fingerprint density at radius 2 is 2.06 bits per heavy atom. The zero-order chi connectivity index (χ0) is 13.2. The summed E-state index contributed by atoms with van der Waals surface area (Å²) >= 11 is 3.08. The lowest BCUT2D eigenvalue weighted by Gasteiger charge is -2.12. The molecule has 0 fully saturated rings. The molecule has 1 unspecified atom stereocenters. The van der Waals surface area contributed by atoms with E-state index in [1.165, 1.54) is 0 Å². The minimum absolute atomic E-state index is 0.322. The number of amides is 1. The second-order valence-corrected chi connectivity index (χ2v) is 4.06. The number of aromatic hydroxyl groups is 1. The van der Waals surface area contributed by atoms with Gasteiger partial charge < -0.3 is 10.4 Å². The van der Waals surface area contributed by atoms with Crippen LogP contribution in [0, 0.1) is 17.5 Å². The number of phenolic OH excluding ortho intramolecular Hbond substituents is 1. The van der Waals surface area contributed by atoms with Crippen LogP contribution in [0.2, 0.25) is 0 Å². The predicted molar refractivity (Wildman–Crippen MR) is 58.7 cm³/mol. The van der Waals surface area contributed by atoms with Crippen molar-refractivity contribution in [1.82, 2.24) is 5.32 Å². The number of halogens is 4. The minimum Gasteiger partial charge on any atom is -0.503 e. The monoisotopic (exact) mass is 311 g/mol. The van der Waals surface area contributed by atoms with E-state index in [0.29, 0.717) is 11.4 Å². The molecule has 1 rings (SSSR count). The normalized spacial score (nSPS) is 12.3. The number of nitrogens with one attached hydrogen (secondary N) is 1. The lowest BCUT2D eigenvalue weighted by atomic mass is 10.1. The standard InChI is InChI=1S/C10H9BrF3NO2/c1-4(3-11)15-10(17)5-2-6(12)8(14)9(16)7(5)13/h2,4,16H,3H2,1H3,(H,15,17). The van der Waals surface area contributed by atoms with E-state index in [0.717, 1.165) is 0 Å². The minimum atomic E-state index is -1.72. The van der Waals surface area contributed by atoms with Crippen molar-refractivity contribution in [3.05, 3.63) is 29.1 Å². The molecule has 1 aromatic carbocycles. The summed E-state index contributed by atoms with van der Waals surface area (Å²) in [4.78, 5) is 11.5. The summed E-state index contributed by atoms with van der Waals surface area (Å²) in [5, 5.41) is 11.7. The third-order valence-corrected chi connectivity index (χ3v) is 2.96. The smallest absolute Gasteiger partial charge is 0.254 e. The maximum absolute atomic E-state index is 13.3. The molecule has 0 bridgehead atoms. The highest BCUT2D eigenvalue weighted by atomic mass is 79.9. The molecule has 0 saturated heterocycles. The maximum Gasteiger partial charge on any atom is 0.254 e. The molecule has 17 heavy (non-hydrogen) atoms. The summed E-state index contributed by atoms with van der Waals surface area (Å²) in [5.41, 5.74) is -0.741. The Bertz CT molecular complexity index is 454. The van der Waals surface area contributed by atoms with Crippen LogP contribution in [0.15, 0.2) is 6.07 Å². The van der Waals surface area contributed by atoms with E-state index in [4.69, 9.17) is 5.11 Å². The lowest BCUT2D eigenvalue weighted by molar-refractivity contribution is 0.0938. The van der Waals surface area contributed by atoms with E-state index in [9.17, 15) is 18.0 Å². The number of hydrogen-bond acceptors (Lipinski definition) is 2. The Hall–Kier alpha value is -1.24. The van der Waals surface area contributed by atoms with Crippen molar-refractivity contribution >= 4 is 21.8 Å². The molecule has 0 heterocycles. The van der Waals surface area contributed by atoms with Crippen LogP contribution in [0.5, 0.6) is 5.75 Å². The van der Waals surface area contributed by atoms with Crippen molar-refractivity contribution in [2.75, 3.05) is 5.33 Å². The van der Waals surface area contributed by atoms with Gasteiger partial charge in [0.1, 0.15) is 0 Å². The average molecular weight is 312 g/mol. The predicted octanol–water partition coefficient (Wildman–Crippen LogP) is 2.32. The number of benzene rings is 1. The van der Waals surface area contributed by atoms with Gasteiger partial charge in [-0.1, -0.05) is 15.9 Å². The van der Waals surface area contributed by atoms with Crippen LogP contribution in [0.4, 0.5) is 13.2 Å². The first-order valence-electron chi connectivity index (χ1n) is 4.61. The quantitative estimate of drug-likeness (QED) is 0.665. The molecule has 0 radical (unpaired) electrons. The van der Waals surface area contributed by atoms with Gasteiger partial charge in [-0.25, -0.2) is 8.78 Å². The Morgan fingerprint density at radius 1 is 1.47 bits per heavy atom. The third kappa shape index (κ3) is 2.91. The van der Waals surface area contributed by atoms with E-state index < -0.39 is 34.7 Å². The Balaban J connectivity index is 3.11. The van der Waals surface area contributed by atoms with Crippen LogP contribution in [-0.4, -0.2) is 22.4 Å². The summed E-state index contributed by atoms with van der Waals surface area (Å²) in [6.07, 6.45) is 0.